The first kappa shape index (κ1) is 21.6. The van der Waals surface area contributed by atoms with Gasteiger partial charge in [0.2, 0.25) is 5.91 Å². The van der Waals surface area contributed by atoms with E-state index in [-0.39, 0.29) is 17.7 Å². The van der Waals surface area contributed by atoms with Crippen LogP contribution in [0.1, 0.15) is 53.6 Å². The number of rotatable bonds is 5. The van der Waals surface area contributed by atoms with E-state index in [9.17, 15) is 9.59 Å². The number of amides is 2. The van der Waals surface area contributed by atoms with Gasteiger partial charge in [0.05, 0.1) is 17.2 Å². The van der Waals surface area contributed by atoms with Gasteiger partial charge in [-0.3, -0.25) is 14.5 Å². The average Bonchev–Trinajstić information content (AvgIpc) is 2.81. The smallest absolute Gasteiger partial charge is 0.255 e. The molecule has 1 N–H and O–H groups in total. The van der Waals surface area contributed by atoms with Crippen LogP contribution >= 0.6 is 0 Å². The normalized spacial score (nSPS) is 19.8. The van der Waals surface area contributed by atoms with E-state index in [1.165, 1.54) is 17.5 Å². The number of hydrogen-bond donors (Lipinski definition) is 1. The summed E-state index contributed by atoms with van der Waals surface area (Å²) in [5.41, 5.74) is 3.78. The first-order chi connectivity index (χ1) is 15.1. The quantitative estimate of drug-likeness (QED) is 0.778. The summed E-state index contributed by atoms with van der Waals surface area (Å²) in [6, 6.07) is 16.0. The Bertz CT molecular complexity index is 903. The highest BCUT2D eigenvalue weighted by molar-refractivity contribution is 6.04. The molecule has 0 aliphatic carbocycles. The van der Waals surface area contributed by atoms with Crippen LogP contribution in [0.2, 0.25) is 0 Å². The van der Waals surface area contributed by atoms with Gasteiger partial charge in [-0.05, 0) is 63.3 Å². The standard InChI is InChI=1S/C26H33N3O2/c1-20-11-13-21(14-12-20)18-28-15-7-8-22(19-28)25(30)27-24-10-4-3-9-23(24)26(31)29-16-5-2-6-17-29/h3-4,9-14,22H,2,5-8,15-19H2,1H3,(H,27,30). The summed E-state index contributed by atoms with van der Waals surface area (Å²) in [5.74, 6) is -0.00918. The molecule has 0 saturated carbocycles. The van der Waals surface area contributed by atoms with Gasteiger partial charge in [-0.1, -0.05) is 42.0 Å². The molecule has 1 atom stereocenters. The molecule has 0 bridgehead atoms. The number of carbonyl (C=O) groups is 2. The van der Waals surface area contributed by atoms with Crippen molar-refractivity contribution < 1.29 is 9.59 Å². The molecule has 5 heteroatoms. The zero-order valence-corrected chi connectivity index (χ0v) is 18.5. The lowest BCUT2D eigenvalue weighted by Crippen LogP contribution is -2.40. The topological polar surface area (TPSA) is 52.7 Å². The minimum Gasteiger partial charge on any atom is -0.339 e. The maximum absolute atomic E-state index is 13.1. The molecule has 2 aliphatic rings. The number of anilines is 1. The predicted molar refractivity (Wildman–Crippen MR) is 124 cm³/mol. The molecule has 2 amide bonds. The highest BCUT2D eigenvalue weighted by atomic mass is 16.2. The number of aryl methyl sites for hydroxylation is 1. The van der Waals surface area contributed by atoms with Crippen molar-refractivity contribution in [2.45, 2.75) is 45.6 Å². The molecule has 31 heavy (non-hydrogen) atoms. The Kier molecular flexibility index (Phi) is 7.03. The van der Waals surface area contributed by atoms with Crippen molar-refractivity contribution in [1.29, 1.82) is 0 Å². The number of piperidine rings is 2. The predicted octanol–water partition coefficient (Wildman–Crippen LogP) is 4.47. The van der Waals surface area contributed by atoms with Crippen LogP contribution in [0.15, 0.2) is 48.5 Å². The summed E-state index contributed by atoms with van der Waals surface area (Å²) in [5, 5.41) is 3.08. The van der Waals surface area contributed by atoms with E-state index in [0.717, 1.165) is 58.4 Å². The minimum absolute atomic E-state index is 0.0208. The molecule has 4 rings (SSSR count). The molecule has 0 radical (unpaired) electrons. The van der Waals surface area contributed by atoms with Gasteiger partial charge in [0.1, 0.15) is 0 Å². The van der Waals surface area contributed by atoms with Gasteiger partial charge in [-0.2, -0.15) is 0 Å². The van der Waals surface area contributed by atoms with Crippen molar-refractivity contribution in [1.82, 2.24) is 9.80 Å². The van der Waals surface area contributed by atoms with Crippen LogP contribution in [0, 0.1) is 12.8 Å². The van der Waals surface area contributed by atoms with Crippen LogP contribution in [0.4, 0.5) is 5.69 Å². The Morgan fingerprint density at radius 2 is 1.68 bits per heavy atom. The van der Waals surface area contributed by atoms with E-state index >= 15 is 0 Å². The Morgan fingerprint density at radius 1 is 0.935 bits per heavy atom. The van der Waals surface area contributed by atoms with E-state index in [4.69, 9.17) is 0 Å². The minimum atomic E-state index is -0.0580. The number of hydrogen-bond acceptors (Lipinski definition) is 3. The molecular weight excluding hydrogens is 386 g/mol. The average molecular weight is 420 g/mol. The number of nitrogens with one attached hydrogen (secondary N) is 1. The molecule has 5 nitrogen and oxygen atoms in total. The lowest BCUT2D eigenvalue weighted by atomic mass is 9.96. The lowest BCUT2D eigenvalue weighted by Gasteiger charge is -2.32. The van der Waals surface area contributed by atoms with Crippen LogP contribution < -0.4 is 5.32 Å². The van der Waals surface area contributed by atoms with Gasteiger partial charge in [-0.25, -0.2) is 0 Å². The molecule has 164 valence electrons. The summed E-state index contributed by atoms with van der Waals surface area (Å²) in [6.45, 7) is 6.34. The van der Waals surface area contributed by atoms with E-state index in [1.807, 2.05) is 29.2 Å². The lowest BCUT2D eigenvalue weighted by molar-refractivity contribution is -0.121. The molecular formula is C26H33N3O2. The zero-order chi connectivity index (χ0) is 21.6. The summed E-state index contributed by atoms with van der Waals surface area (Å²) >= 11 is 0. The number of benzene rings is 2. The van der Waals surface area contributed by atoms with Gasteiger partial charge in [0.25, 0.3) is 5.91 Å². The Labute approximate surface area is 185 Å². The largest absolute Gasteiger partial charge is 0.339 e. The maximum Gasteiger partial charge on any atom is 0.255 e. The SMILES string of the molecule is Cc1ccc(CN2CCCC(C(=O)Nc3ccccc3C(=O)N3CCCCC3)C2)cc1. The fourth-order valence-corrected chi connectivity index (χ4v) is 4.65. The molecule has 0 spiro atoms. The third-order valence-electron chi connectivity index (χ3n) is 6.46. The monoisotopic (exact) mass is 419 g/mol. The summed E-state index contributed by atoms with van der Waals surface area (Å²) in [4.78, 5) is 30.4. The second kappa shape index (κ2) is 10.1. The van der Waals surface area contributed by atoms with E-state index in [0.29, 0.717) is 11.3 Å². The second-order valence-corrected chi connectivity index (χ2v) is 8.95. The van der Waals surface area contributed by atoms with Crippen LogP contribution in [0.25, 0.3) is 0 Å². The number of carbonyl (C=O) groups excluding carboxylic acids is 2. The van der Waals surface area contributed by atoms with E-state index in [1.54, 1.807) is 0 Å². The summed E-state index contributed by atoms with van der Waals surface area (Å²) in [6.07, 6.45) is 5.19. The van der Waals surface area contributed by atoms with Crippen LogP contribution in [-0.2, 0) is 11.3 Å². The molecule has 2 fully saturated rings. The number of para-hydroxylation sites is 1. The van der Waals surface area contributed by atoms with Gasteiger partial charge < -0.3 is 10.2 Å². The van der Waals surface area contributed by atoms with Crippen molar-refractivity contribution in [3.05, 3.63) is 65.2 Å². The third-order valence-corrected chi connectivity index (χ3v) is 6.46. The first-order valence-electron chi connectivity index (χ1n) is 11.6. The van der Waals surface area contributed by atoms with Gasteiger partial charge >= 0.3 is 0 Å². The molecule has 2 saturated heterocycles. The van der Waals surface area contributed by atoms with Crippen molar-refractivity contribution in [3.8, 4) is 0 Å². The molecule has 2 aliphatic heterocycles. The highest BCUT2D eigenvalue weighted by Crippen LogP contribution is 2.24. The number of likely N-dealkylation sites (tertiary alicyclic amines) is 2. The molecule has 2 aromatic carbocycles. The van der Waals surface area contributed by atoms with E-state index < -0.39 is 0 Å². The van der Waals surface area contributed by atoms with E-state index in [2.05, 4.69) is 41.4 Å². The summed E-state index contributed by atoms with van der Waals surface area (Å²) < 4.78 is 0. The first-order valence-corrected chi connectivity index (χ1v) is 11.6. The molecule has 0 aromatic heterocycles. The van der Waals surface area contributed by atoms with Crippen LogP contribution in [0.5, 0.6) is 0 Å². The Morgan fingerprint density at radius 3 is 2.45 bits per heavy atom. The summed E-state index contributed by atoms with van der Waals surface area (Å²) in [7, 11) is 0. The van der Waals surface area contributed by atoms with Crippen LogP contribution in [0.3, 0.4) is 0 Å². The fourth-order valence-electron chi connectivity index (χ4n) is 4.65. The van der Waals surface area contributed by atoms with Gasteiger partial charge in [0, 0.05) is 26.2 Å². The van der Waals surface area contributed by atoms with Gasteiger partial charge in [0.15, 0.2) is 0 Å². The zero-order valence-electron chi connectivity index (χ0n) is 18.5. The highest BCUT2D eigenvalue weighted by Gasteiger charge is 2.27. The van der Waals surface area contributed by atoms with Crippen molar-refractivity contribution in [3.63, 3.8) is 0 Å². The maximum atomic E-state index is 13.1. The van der Waals surface area contributed by atoms with Crippen molar-refractivity contribution >= 4 is 17.5 Å². The Hall–Kier alpha value is -2.66. The van der Waals surface area contributed by atoms with Crippen molar-refractivity contribution in [2.75, 3.05) is 31.5 Å². The number of nitrogens with zero attached hydrogens (tertiary/aromatic N) is 2. The van der Waals surface area contributed by atoms with Crippen molar-refractivity contribution in [2.24, 2.45) is 5.92 Å². The van der Waals surface area contributed by atoms with Crippen LogP contribution in [-0.4, -0.2) is 47.8 Å². The Balaban J connectivity index is 1.39. The van der Waals surface area contributed by atoms with Gasteiger partial charge in [-0.15, -0.1) is 0 Å². The molecule has 2 heterocycles. The second-order valence-electron chi connectivity index (χ2n) is 8.95. The molecule has 2 aromatic rings. The fraction of sp³-hybridized carbons (Fsp3) is 0.462. The molecule has 1 unspecified atom stereocenters. The third kappa shape index (κ3) is 5.53.